The number of nitrogens with zero attached hydrogens (tertiary/aromatic N) is 1. The molecule has 0 aromatic heterocycles. The van der Waals surface area contributed by atoms with E-state index >= 15 is 0 Å². The minimum atomic E-state index is -4.81. The summed E-state index contributed by atoms with van der Waals surface area (Å²) in [6, 6.07) is 6.27. The Kier molecular flexibility index (Phi) is 5.88. The first kappa shape index (κ1) is 19.9. The molecule has 0 saturated carbocycles. The van der Waals surface area contributed by atoms with E-state index in [1.807, 2.05) is 4.90 Å². The molecule has 1 heterocycles. The fourth-order valence-electron chi connectivity index (χ4n) is 3.15. The molecule has 0 aliphatic carbocycles. The standard InChI is InChI=1S/C18H16ClF5N2O/c19-16-14(21)6-5-13(20)15(16)17(26-9-7-25-8-10-26)11-1-3-12(4-2-11)27-18(22,23)24/h1-6,17,25H,7-10H2/t17-/m1/s1. The number of ether oxygens (including phenoxy) is 1. The molecule has 1 saturated heterocycles. The van der Waals surface area contributed by atoms with Crippen molar-refractivity contribution in [2.24, 2.45) is 0 Å². The van der Waals surface area contributed by atoms with Crippen molar-refractivity contribution in [1.82, 2.24) is 10.2 Å². The highest BCUT2D eigenvalue weighted by Gasteiger charge is 2.32. The molecule has 27 heavy (non-hydrogen) atoms. The third kappa shape index (κ3) is 4.69. The summed E-state index contributed by atoms with van der Waals surface area (Å²) in [6.07, 6.45) is -4.81. The smallest absolute Gasteiger partial charge is 0.406 e. The Morgan fingerprint density at radius 1 is 0.963 bits per heavy atom. The first-order valence-corrected chi connectivity index (χ1v) is 8.58. The van der Waals surface area contributed by atoms with Crippen LogP contribution in [0.15, 0.2) is 36.4 Å². The number of hydrogen-bond donors (Lipinski definition) is 1. The maximum Gasteiger partial charge on any atom is 0.573 e. The van der Waals surface area contributed by atoms with Gasteiger partial charge in [-0.05, 0) is 29.8 Å². The highest BCUT2D eigenvalue weighted by Crippen LogP contribution is 2.37. The zero-order chi connectivity index (χ0) is 19.6. The van der Waals surface area contributed by atoms with E-state index in [0.717, 1.165) is 24.3 Å². The molecule has 9 heteroatoms. The molecule has 3 rings (SSSR count). The van der Waals surface area contributed by atoms with Crippen LogP contribution in [0.25, 0.3) is 0 Å². The van der Waals surface area contributed by atoms with Gasteiger partial charge in [0.2, 0.25) is 0 Å². The van der Waals surface area contributed by atoms with Crippen molar-refractivity contribution in [2.45, 2.75) is 12.4 Å². The van der Waals surface area contributed by atoms with Gasteiger partial charge in [-0.15, -0.1) is 13.2 Å². The van der Waals surface area contributed by atoms with Crippen molar-refractivity contribution in [3.05, 3.63) is 64.2 Å². The summed E-state index contributed by atoms with van der Waals surface area (Å²) in [7, 11) is 0. The van der Waals surface area contributed by atoms with Crippen LogP contribution in [0.3, 0.4) is 0 Å². The van der Waals surface area contributed by atoms with Crippen LogP contribution in [0.1, 0.15) is 17.2 Å². The maximum atomic E-state index is 14.6. The Morgan fingerprint density at radius 2 is 1.56 bits per heavy atom. The number of nitrogens with one attached hydrogen (secondary N) is 1. The van der Waals surface area contributed by atoms with Gasteiger partial charge in [-0.1, -0.05) is 23.7 Å². The summed E-state index contributed by atoms with van der Waals surface area (Å²) in [4.78, 5) is 1.90. The summed E-state index contributed by atoms with van der Waals surface area (Å²) in [5.74, 6) is -1.83. The highest BCUT2D eigenvalue weighted by molar-refractivity contribution is 6.31. The van der Waals surface area contributed by atoms with Gasteiger partial charge >= 0.3 is 6.36 Å². The number of piperazine rings is 1. The average Bonchev–Trinajstić information content (AvgIpc) is 2.62. The number of benzene rings is 2. The molecule has 1 N–H and O–H groups in total. The zero-order valence-corrected chi connectivity index (χ0v) is 14.7. The molecule has 146 valence electrons. The van der Waals surface area contributed by atoms with Gasteiger partial charge in [0.25, 0.3) is 0 Å². The lowest BCUT2D eigenvalue weighted by atomic mass is 9.95. The van der Waals surface area contributed by atoms with Crippen LogP contribution < -0.4 is 10.1 Å². The second kappa shape index (κ2) is 8.00. The number of hydrogen-bond acceptors (Lipinski definition) is 3. The molecule has 2 aromatic rings. The van der Waals surface area contributed by atoms with Gasteiger partial charge in [-0.2, -0.15) is 0 Å². The predicted molar refractivity (Wildman–Crippen MR) is 90.8 cm³/mol. The molecule has 2 aromatic carbocycles. The fraction of sp³-hybridized carbons (Fsp3) is 0.333. The summed E-state index contributed by atoms with van der Waals surface area (Å²) < 4.78 is 69.5. The number of halogens is 6. The molecule has 1 aliphatic rings. The first-order valence-electron chi connectivity index (χ1n) is 8.20. The first-order chi connectivity index (χ1) is 12.8. The van der Waals surface area contributed by atoms with Gasteiger partial charge in [0.1, 0.15) is 17.4 Å². The number of rotatable bonds is 4. The van der Waals surface area contributed by atoms with Gasteiger partial charge < -0.3 is 10.1 Å². The molecular weight excluding hydrogens is 391 g/mol. The molecule has 0 unspecified atom stereocenters. The monoisotopic (exact) mass is 406 g/mol. The van der Waals surface area contributed by atoms with Crippen LogP contribution in [-0.4, -0.2) is 37.4 Å². The van der Waals surface area contributed by atoms with E-state index in [2.05, 4.69) is 10.1 Å². The van der Waals surface area contributed by atoms with Crippen molar-refractivity contribution in [3.63, 3.8) is 0 Å². The second-order valence-electron chi connectivity index (χ2n) is 6.06. The van der Waals surface area contributed by atoms with E-state index < -0.39 is 29.8 Å². The van der Waals surface area contributed by atoms with Gasteiger partial charge in [0, 0.05) is 31.7 Å². The topological polar surface area (TPSA) is 24.5 Å². The SMILES string of the molecule is Fc1ccc(F)c([C@@H](c2ccc(OC(F)(F)F)cc2)N2CCNCC2)c1Cl. The van der Waals surface area contributed by atoms with Crippen molar-refractivity contribution in [3.8, 4) is 5.75 Å². The van der Waals surface area contributed by atoms with Gasteiger partial charge in [-0.3, -0.25) is 4.90 Å². The summed E-state index contributed by atoms with van der Waals surface area (Å²) in [5.41, 5.74) is 0.445. The van der Waals surface area contributed by atoms with E-state index in [4.69, 9.17) is 11.6 Å². The van der Waals surface area contributed by atoms with E-state index in [-0.39, 0.29) is 10.6 Å². The molecule has 1 fully saturated rings. The molecule has 0 bridgehead atoms. The lowest BCUT2D eigenvalue weighted by Crippen LogP contribution is -2.45. The number of alkyl halides is 3. The predicted octanol–water partition coefficient (Wildman–Crippen LogP) is 4.51. The average molecular weight is 407 g/mol. The molecule has 3 nitrogen and oxygen atoms in total. The Bertz CT molecular complexity index is 792. The Hall–Kier alpha value is -1.90. The van der Waals surface area contributed by atoms with Crippen LogP contribution in [0.5, 0.6) is 5.75 Å². The Balaban J connectivity index is 2.02. The molecule has 1 aliphatic heterocycles. The van der Waals surface area contributed by atoms with Crippen molar-refractivity contribution < 1.29 is 26.7 Å². The van der Waals surface area contributed by atoms with Crippen LogP contribution in [-0.2, 0) is 0 Å². The molecular formula is C18H16ClF5N2O. The van der Waals surface area contributed by atoms with Crippen molar-refractivity contribution >= 4 is 11.6 Å². The van der Waals surface area contributed by atoms with Crippen LogP contribution >= 0.6 is 11.6 Å². The summed E-state index contributed by atoms with van der Waals surface area (Å²) >= 11 is 6.05. The lowest BCUT2D eigenvalue weighted by Gasteiger charge is -2.36. The Morgan fingerprint density at radius 3 is 2.15 bits per heavy atom. The normalized spacial score (nSPS) is 17.0. The highest BCUT2D eigenvalue weighted by atomic mass is 35.5. The largest absolute Gasteiger partial charge is 0.573 e. The third-order valence-electron chi connectivity index (χ3n) is 4.30. The molecule has 1 atom stereocenters. The summed E-state index contributed by atoms with van der Waals surface area (Å²) in [6.45, 7) is 2.36. The fourth-order valence-corrected chi connectivity index (χ4v) is 3.40. The van der Waals surface area contributed by atoms with E-state index in [0.29, 0.717) is 31.7 Å². The van der Waals surface area contributed by atoms with Crippen molar-refractivity contribution in [2.75, 3.05) is 26.2 Å². The van der Waals surface area contributed by atoms with Crippen LogP contribution in [0.2, 0.25) is 5.02 Å². The van der Waals surface area contributed by atoms with Crippen LogP contribution in [0.4, 0.5) is 22.0 Å². The van der Waals surface area contributed by atoms with E-state index in [9.17, 15) is 22.0 Å². The van der Waals surface area contributed by atoms with Crippen molar-refractivity contribution in [1.29, 1.82) is 0 Å². The third-order valence-corrected chi connectivity index (χ3v) is 4.68. The second-order valence-corrected chi connectivity index (χ2v) is 6.44. The Labute approximate surface area is 157 Å². The van der Waals surface area contributed by atoms with Gasteiger partial charge in [0.05, 0.1) is 11.1 Å². The molecule has 0 amide bonds. The molecule has 0 radical (unpaired) electrons. The van der Waals surface area contributed by atoms with E-state index in [1.165, 1.54) is 12.1 Å². The van der Waals surface area contributed by atoms with E-state index in [1.54, 1.807) is 0 Å². The lowest BCUT2D eigenvalue weighted by molar-refractivity contribution is -0.274. The quantitative estimate of drug-likeness (QED) is 0.597. The van der Waals surface area contributed by atoms with Crippen LogP contribution in [0, 0.1) is 11.6 Å². The summed E-state index contributed by atoms with van der Waals surface area (Å²) in [5, 5.41) is 2.82. The van der Waals surface area contributed by atoms with Gasteiger partial charge in [-0.25, -0.2) is 8.78 Å². The maximum absolute atomic E-state index is 14.6. The zero-order valence-electron chi connectivity index (χ0n) is 14.0. The minimum absolute atomic E-state index is 0.0388. The van der Waals surface area contributed by atoms with Gasteiger partial charge in [0.15, 0.2) is 0 Å². The molecule has 0 spiro atoms. The minimum Gasteiger partial charge on any atom is -0.406 e.